The van der Waals surface area contributed by atoms with E-state index in [0.29, 0.717) is 13.1 Å². The average Bonchev–Trinajstić information content (AvgIpc) is 2.80. The van der Waals surface area contributed by atoms with Crippen LogP contribution in [0.5, 0.6) is 0 Å². The molecule has 3 rings (SSSR count). The van der Waals surface area contributed by atoms with E-state index >= 15 is 0 Å². The summed E-state index contributed by atoms with van der Waals surface area (Å²) in [5, 5.41) is 3.06. The van der Waals surface area contributed by atoms with Gasteiger partial charge in [-0.3, -0.25) is 9.59 Å². The number of hydrogen-bond donors (Lipinski definition) is 1. The number of amides is 2. The maximum absolute atomic E-state index is 13.4. The van der Waals surface area contributed by atoms with Crippen LogP contribution >= 0.6 is 0 Å². The van der Waals surface area contributed by atoms with Crippen molar-refractivity contribution in [1.82, 2.24) is 10.2 Å². The summed E-state index contributed by atoms with van der Waals surface area (Å²) in [5.74, 6) is -0.421. The SMILES string of the molecule is CC(C)C(=O)N(Cc1ccccc1)C(C(=O)NCCc1ccccc1)c1ccccc1. The van der Waals surface area contributed by atoms with Gasteiger partial charge in [-0.05, 0) is 23.1 Å². The topological polar surface area (TPSA) is 49.4 Å². The molecule has 3 aromatic rings. The predicted octanol–water partition coefficient (Wildman–Crippen LogP) is 4.77. The van der Waals surface area contributed by atoms with Crippen LogP contribution in [-0.2, 0) is 22.6 Å². The predicted molar refractivity (Wildman–Crippen MR) is 124 cm³/mol. The average molecular weight is 415 g/mol. The van der Waals surface area contributed by atoms with Crippen LogP contribution in [0, 0.1) is 5.92 Å². The minimum Gasteiger partial charge on any atom is -0.354 e. The monoisotopic (exact) mass is 414 g/mol. The van der Waals surface area contributed by atoms with Crippen molar-refractivity contribution in [1.29, 1.82) is 0 Å². The molecule has 0 bridgehead atoms. The number of nitrogens with one attached hydrogen (secondary N) is 1. The summed E-state index contributed by atoms with van der Waals surface area (Å²) in [6, 6.07) is 28.7. The third kappa shape index (κ3) is 6.29. The van der Waals surface area contributed by atoms with Crippen molar-refractivity contribution in [3.8, 4) is 0 Å². The van der Waals surface area contributed by atoms with E-state index in [9.17, 15) is 9.59 Å². The van der Waals surface area contributed by atoms with E-state index in [0.717, 1.165) is 17.5 Å². The lowest BCUT2D eigenvalue weighted by Crippen LogP contribution is -2.45. The summed E-state index contributed by atoms with van der Waals surface area (Å²) < 4.78 is 0. The van der Waals surface area contributed by atoms with Gasteiger partial charge < -0.3 is 10.2 Å². The molecule has 3 aromatic carbocycles. The van der Waals surface area contributed by atoms with E-state index < -0.39 is 6.04 Å². The Morgan fingerprint density at radius 1 is 0.774 bits per heavy atom. The highest BCUT2D eigenvalue weighted by Gasteiger charge is 2.32. The molecule has 1 unspecified atom stereocenters. The van der Waals surface area contributed by atoms with E-state index in [1.54, 1.807) is 4.90 Å². The first-order valence-electron chi connectivity index (χ1n) is 10.8. The quantitative estimate of drug-likeness (QED) is 0.548. The van der Waals surface area contributed by atoms with Crippen LogP contribution in [0.1, 0.15) is 36.6 Å². The largest absolute Gasteiger partial charge is 0.354 e. The van der Waals surface area contributed by atoms with Crippen LogP contribution in [0.3, 0.4) is 0 Å². The molecule has 2 amide bonds. The van der Waals surface area contributed by atoms with E-state index in [-0.39, 0.29) is 17.7 Å². The van der Waals surface area contributed by atoms with Gasteiger partial charge in [-0.15, -0.1) is 0 Å². The second-order valence-electron chi connectivity index (χ2n) is 7.95. The van der Waals surface area contributed by atoms with Crippen LogP contribution < -0.4 is 5.32 Å². The van der Waals surface area contributed by atoms with Crippen molar-refractivity contribution in [2.24, 2.45) is 5.92 Å². The van der Waals surface area contributed by atoms with Gasteiger partial charge in [0, 0.05) is 19.0 Å². The first-order valence-corrected chi connectivity index (χ1v) is 10.8. The number of carbonyl (C=O) groups excluding carboxylic acids is 2. The Hall–Kier alpha value is -3.40. The van der Waals surface area contributed by atoms with Crippen LogP contribution in [0.25, 0.3) is 0 Å². The fourth-order valence-electron chi connectivity index (χ4n) is 3.59. The second kappa shape index (κ2) is 11.1. The molecule has 0 aromatic heterocycles. The van der Waals surface area contributed by atoms with Crippen LogP contribution in [-0.4, -0.2) is 23.3 Å². The molecule has 0 aliphatic carbocycles. The molecule has 0 radical (unpaired) electrons. The van der Waals surface area contributed by atoms with Crippen molar-refractivity contribution < 1.29 is 9.59 Å². The lowest BCUT2D eigenvalue weighted by molar-refractivity contribution is -0.144. The second-order valence-corrected chi connectivity index (χ2v) is 7.95. The van der Waals surface area contributed by atoms with E-state index in [2.05, 4.69) is 5.32 Å². The van der Waals surface area contributed by atoms with Crippen molar-refractivity contribution in [2.75, 3.05) is 6.54 Å². The Kier molecular flexibility index (Phi) is 7.99. The van der Waals surface area contributed by atoms with Gasteiger partial charge in [0.15, 0.2) is 0 Å². The lowest BCUT2D eigenvalue weighted by Gasteiger charge is -2.33. The van der Waals surface area contributed by atoms with Gasteiger partial charge in [0.1, 0.15) is 6.04 Å². The van der Waals surface area contributed by atoms with Gasteiger partial charge in [0.05, 0.1) is 0 Å². The summed E-state index contributed by atoms with van der Waals surface area (Å²) in [7, 11) is 0. The molecule has 1 N–H and O–H groups in total. The van der Waals surface area contributed by atoms with E-state index in [1.165, 1.54) is 5.56 Å². The molecular formula is C27H30N2O2. The van der Waals surface area contributed by atoms with Gasteiger partial charge in [-0.25, -0.2) is 0 Å². The minimum absolute atomic E-state index is 0.0454. The molecule has 0 aliphatic rings. The number of nitrogens with zero attached hydrogens (tertiary/aromatic N) is 1. The van der Waals surface area contributed by atoms with Crippen molar-refractivity contribution in [3.63, 3.8) is 0 Å². The number of rotatable bonds is 9. The molecule has 4 nitrogen and oxygen atoms in total. The highest BCUT2D eigenvalue weighted by Crippen LogP contribution is 2.25. The Balaban J connectivity index is 1.85. The van der Waals surface area contributed by atoms with Crippen molar-refractivity contribution in [2.45, 2.75) is 32.9 Å². The van der Waals surface area contributed by atoms with Gasteiger partial charge in [0.2, 0.25) is 11.8 Å². The van der Waals surface area contributed by atoms with Crippen LogP contribution in [0.2, 0.25) is 0 Å². The Morgan fingerprint density at radius 3 is 1.84 bits per heavy atom. The van der Waals surface area contributed by atoms with Gasteiger partial charge >= 0.3 is 0 Å². The molecule has 0 saturated heterocycles. The fourth-order valence-corrected chi connectivity index (χ4v) is 3.59. The standard InChI is InChI=1S/C27H30N2O2/c1-21(2)27(31)29(20-23-14-8-4-9-15-23)25(24-16-10-5-11-17-24)26(30)28-19-18-22-12-6-3-7-13-22/h3-17,21,25H,18-20H2,1-2H3,(H,28,30). The Morgan fingerprint density at radius 2 is 1.29 bits per heavy atom. The Labute approximate surface area is 184 Å². The zero-order valence-corrected chi connectivity index (χ0v) is 18.2. The molecule has 0 fully saturated rings. The van der Waals surface area contributed by atoms with Gasteiger partial charge in [-0.2, -0.15) is 0 Å². The summed E-state index contributed by atoms with van der Waals surface area (Å²) in [5.41, 5.74) is 2.97. The van der Waals surface area contributed by atoms with E-state index in [1.807, 2.05) is 105 Å². The van der Waals surface area contributed by atoms with Crippen molar-refractivity contribution >= 4 is 11.8 Å². The maximum atomic E-state index is 13.4. The summed E-state index contributed by atoms with van der Waals surface area (Å²) in [4.78, 5) is 28.3. The molecule has 160 valence electrons. The summed E-state index contributed by atoms with van der Waals surface area (Å²) in [6.45, 7) is 4.64. The highest BCUT2D eigenvalue weighted by molar-refractivity contribution is 5.89. The molecule has 31 heavy (non-hydrogen) atoms. The van der Waals surface area contributed by atoms with Crippen LogP contribution in [0.4, 0.5) is 0 Å². The molecular weight excluding hydrogens is 384 g/mol. The molecule has 1 atom stereocenters. The number of benzene rings is 3. The molecule has 0 spiro atoms. The highest BCUT2D eigenvalue weighted by atomic mass is 16.2. The summed E-state index contributed by atoms with van der Waals surface area (Å²) >= 11 is 0. The smallest absolute Gasteiger partial charge is 0.247 e. The molecule has 0 aliphatic heterocycles. The van der Waals surface area contributed by atoms with E-state index in [4.69, 9.17) is 0 Å². The zero-order chi connectivity index (χ0) is 22.1. The van der Waals surface area contributed by atoms with Gasteiger partial charge in [-0.1, -0.05) is 105 Å². The lowest BCUT2D eigenvalue weighted by atomic mass is 10.0. The summed E-state index contributed by atoms with van der Waals surface area (Å²) in [6.07, 6.45) is 0.741. The van der Waals surface area contributed by atoms with Crippen LogP contribution in [0.15, 0.2) is 91.0 Å². The first-order chi connectivity index (χ1) is 15.1. The molecule has 0 heterocycles. The zero-order valence-electron chi connectivity index (χ0n) is 18.2. The van der Waals surface area contributed by atoms with Gasteiger partial charge in [0.25, 0.3) is 0 Å². The Bertz CT molecular complexity index is 956. The normalized spacial score (nSPS) is 11.7. The maximum Gasteiger partial charge on any atom is 0.247 e. The molecule has 0 saturated carbocycles. The first kappa shape index (κ1) is 22.3. The van der Waals surface area contributed by atoms with Crippen molar-refractivity contribution in [3.05, 3.63) is 108 Å². The number of hydrogen-bond acceptors (Lipinski definition) is 2. The third-order valence-corrected chi connectivity index (χ3v) is 5.20. The fraction of sp³-hybridized carbons (Fsp3) is 0.259. The number of carbonyl (C=O) groups is 2. The molecule has 4 heteroatoms. The third-order valence-electron chi connectivity index (χ3n) is 5.20. The minimum atomic E-state index is -0.688.